The highest BCUT2D eigenvalue weighted by Crippen LogP contribution is 2.32. The summed E-state index contributed by atoms with van der Waals surface area (Å²) in [5.41, 5.74) is 1.43. The van der Waals surface area contributed by atoms with Gasteiger partial charge in [-0.2, -0.15) is 4.31 Å². The molecule has 0 radical (unpaired) electrons. The van der Waals surface area contributed by atoms with Crippen LogP contribution >= 0.6 is 0 Å². The van der Waals surface area contributed by atoms with Crippen molar-refractivity contribution in [2.24, 2.45) is 0 Å². The Labute approximate surface area is 142 Å². The van der Waals surface area contributed by atoms with Crippen LogP contribution in [0.25, 0.3) is 0 Å². The summed E-state index contributed by atoms with van der Waals surface area (Å²) in [6.45, 7) is 7.41. The van der Waals surface area contributed by atoms with Gasteiger partial charge in [0, 0.05) is 37.4 Å². The summed E-state index contributed by atoms with van der Waals surface area (Å²) in [4.78, 5) is 4.61. The van der Waals surface area contributed by atoms with Crippen molar-refractivity contribution in [1.82, 2.24) is 13.9 Å². The minimum absolute atomic E-state index is 0.113. The van der Waals surface area contributed by atoms with Crippen LogP contribution in [0.1, 0.15) is 36.3 Å². The Morgan fingerprint density at radius 1 is 1.29 bits per heavy atom. The summed E-state index contributed by atoms with van der Waals surface area (Å²) in [6.07, 6.45) is 2.85. The fraction of sp³-hybridized carbons (Fsp3) is 0.471. The van der Waals surface area contributed by atoms with Crippen LogP contribution in [-0.4, -0.2) is 35.4 Å². The molecule has 1 aromatic heterocycles. The Morgan fingerprint density at radius 2 is 2.00 bits per heavy atom. The monoisotopic (exact) mass is 351 g/mol. The zero-order valence-corrected chi connectivity index (χ0v) is 15.0. The van der Waals surface area contributed by atoms with Crippen LogP contribution in [0.4, 0.5) is 4.39 Å². The highest BCUT2D eigenvalue weighted by molar-refractivity contribution is 7.89. The second-order valence-corrected chi connectivity index (χ2v) is 8.28. The van der Waals surface area contributed by atoms with Crippen LogP contribution in [0.2, 0.25) is 0 Å². The quantitative estimate of drug-likeness (QED) is 0.832. The average Bonchev–Trinajstić information content (AvgIpc) is 2.82. The smallest absolute Gasteiger partial charge is 0.243 e. The van der Waals surface area contributed by atoms with E-state index >= 15 is 0 Å². The van der Waals surface area contributed by atoms with Gasteiger partial charge < -0.3 is 4.57 Å². The molecule has 0 bridgehead atoms. The zero-order chi connectivity index (χ0) is 17.5. The van der Waals surface area contributed by atoms with E-state index in [4.69, 9.17) is 0 Å². The molecule has 1 aliphatic heterocycles. The molecule has 0 aliphatic carbocycles. The Balaban J connectivity index is 1.77. The van der Waals surface area contributed by atoms with E-state index in [0.717, 1.165) is 24.5 Å². The van der Waals surface area contributed by atoms with Gasteiger partial charge in [0.05, 0.1) is 4.90 Å². The van der Waals surface area contributed by atoms with Crippen molar-refractivity contribution in [2.75, 3.05) is 13.1 Å². The molecule has 0 amide bonds. The number of benzene rings is 1. The predicted molar refractivity (Wildman–Crippen MR) is 89.9 cm³/mol. The largest absolute Gasteiger partial charge is 0.332 e. The summed E-state index contributed by atoms with van der Waals surface area (Å²) >= 11 is 0. The minimum atomic E-state index is -3.57. The van der Waals surface area contributed by atoms with Gasteiger partial charge in [-0.3, -0.25) is 0 Å². The van der Waals surface area contributed by atoms with Crippen LogP contribution < -0.4 is 0 Å². The first-order valence-corrected chi connectivity index (χ1v) is 9.57. The van der Waals surface area contributed by atoms with Crippen molar-refractivity contribution in [2.45, 2.75) is 44.6 Å². The summed E-state index contributed by atoms with van der Waals surface area (Å²) in [7, 11) is -3.57. The number of halogens is 1. The first-order chi connectivity index (χ1) is 11.3. The fourth-order valence-corrected chi connectivity index (χ4v) is 4.66. The van der Waals surface area contributed by atoms with E-state index in [1.54, 1.807) is 6.92 Å². The van der Waals surface area contributed by atoms with E-state index in [-0.39, 0.29) is 10.8 Å². The molecule has 2 heterocycles. The highest BCUT2D eigenvalue weighted by atomic mass is 32.2. The number of hydrogen-bond acceptors (Lipinski definition) is 3. The highest BCUT2D eigenvalue weighted by Gasteiger charge is 2.39. The average molecular weight is 351 g/mol. The number of nitrogens with zero attached hydrogens (tertiary/aromatic N) is 3. The normalized spacial score (nSPS) is 16.3. The second kappa shape index (κ2) is 6.29. The Morgan fingerprint density at radius 3 is 2.62 bits per heavy atom. The number of rotatable bonds is 5. The van der Waals surface area contributed by atoms with Crippen molar-refractivity contribution in [1.29, 1.82) is 0 Å². The lowest BCUT2D eigenvalue weighted by Gasteiger charge is -2.38. The number of hydrogen-bond donors (Lipinski definition) is 0. The lowest BCUT2D eigenvalue weighted by atomic mass is 10.0. The summed E-state index contributed by atoms with van der Waals surface area (Å²) in [5.74, 6) is 0.671. The molecule has 7 heteroatoms. The third kappa shape index (κ3) is 2.86. The molecule has 3 rings (SSSR count). The van der Waals surface area contributed by atoms with Gasteiger partial charge in [0.25, 0.3) is 0 Å². The maximum atomic E-state index is 13.4. The number of sulfonamides is 1. The topological polar surface area (TPSA) is 55.2 Å². The first kappa shape index (κ1) is 17.1. The molecule has 0 N–H and O–H groups in total. The molecule has 0 saturated carbocycles. The maximum Gasteiger partial charge on any atom is 0.243 e. The van der Waals surface area contributed by atoms with Crippen molar-refractivity contribution in [3.63, 3.8) is 0 Å². The zero-order valence-electron chi connectivity index (χ0n) is 14.2. The fourth-order valence-electron chi connectivity index (χ4n) is 3.04. The number of aryl methyl sites for hydroxylation is 2. The first-order valence-electron chi connectivity index (χ1n) is 8.13. The molecule has 1 aliphatic rings. The molecular weight excluding hydrogens is 329 g/mol. The van der Waals surface area contributed by atoms with Gasteiger partial charge in [0.1, 0.15) is 11.6 Å². The van der Waals surface area contributed by atoms with Crippen molar-refractivity contribution >= 4 is 10.0 Å². The third-order valence-corrected chi connectivity index (χ3v) is 6.34. The molecule has 5 nitrogen and oxygen atoms in total. The SMILES string of the molecule is CCCn1c(C)cnc1C1CN(S(=O)(=O)c2ccc(F)c(C)c2)C1. The molecule has 1 saturated heterocycles. The number of aromatic nitrogens is 2. The van der Waals surface area contributed by atoms with E-state index in [9.17, 15) is 12.8 Å². The summed E-state index contributed by atoms with van der Waals surface area (Å²) in [5, 5.41) is 0. The van der Waals surface area contributed by atoms with Crippen LogP contribution in [-0.2, 0) is 16.6 Å². The molecule has 24 heavy (non-hydrogen) atoms. The summed E-state index contributed by atoms with van der Waals surface area (Å²) in [6, 6.07) is 3.92. The number of imidazole rings is 1. The Kier molecular flexibility index (Phi) is 4.48. The lowest BCUT2D eigenvalue weighted by molar-refractivity contribution is 0.250. The standard InChI is InChI=1S/C17H22FN3O2S/c1-4-7-21-13(3)9-19-17(21)14-10-20(11-14)24(22,23)15-5-6-16(18)12(2)8-15/h5-6,8-9,14H,4,7,10-11H2,1-3H3. The van der Waals surface area contributed by atoms with Gasteiger partial charge in [0.15, 0.2) is 0 Å². The molecule has 0 spiro atoms. The predicted octanol–water partition coefficient (Wildman–Crippen LogP) is 2.84. The molecule has 0 unspecified atom stereocenters. The Bertz CT molecular complexity index is 855. The lowest BCUT2D eigenvalue weighted by Crippen LogP contribution is -2.49. The molecular formula is C17H22FN3O2S. The van der Waals surface area contributed by atoms with Crippen LogP contribution in [0.15, 0.2) is 29.3 Å². The van der Waals surface area contributed by atoms with Gasteiger partial charge in [-0.25, -0.2) is 17.8 Å². The van der Waals surface area contributed by atoms with E-state index in [1.165, 1.54) is 22.5 Å². The van der Waals surface area contributed by atoms with Gasteiger partial charge in [-0.1, -0.05) is 6.92 Å². The third-order valence-electron chi connectivity index (χ3n) is 4.51. The van der Waals surface area contributed by atoms with Crippen molar-refractivity contribution in [3.8, 4) is 0 Å². The van der Waals surface area contributed by atoms with Crippen molar-refractivity contribution < 1.29 is 12.8 Å². The van der Waals surface area contributed by atoms with Gasteiger partial charge in [-0.05, 0) is 44.0 Å². The molecule has 130 valence electrons. The van der Waals surface area contributed by atoms with Gasteiger partial charge in [0.2, 0.25) is 10.0 Å². The minimum Gasteiger partial charge on any atom is -0.332 e. The van der Waals surface area contributed by atoms with E-state index in [2.05, 4.69) is 16.5 Å². The van der Waals surface area contributed by atoms with Crippen LogP contribution in [0, 0.1) is 19.7 Å². The van der Waals surface area contributed by atoms with E-state index in [1.807, 2.05) is 13.1 Å². The van der Waals surface area contributed by atoms with Gasteiger partial charge >= 0.3 is 0 Å². The molecule has 1 aromatic carbocycles. The van der Waals surface area contributed by atoms with Crippen molar-refractivity contribution in [3.05, 3.63) is 47.3 Å². The Hall–Kier alpha value is -1.73. The maximum absolute atomic E-state index is 13.4. The second-order valence-electron chi connectivity index (χ2n) is 6.34. The van der Waals surface area contributed by atoms with Crippen LogP contribution in [0.3, 0.4) is 0 Å². The molecule has 2 aromatic rings. The van der Waals surface area contributed by atoms with Gasteiger partial charge in [-0.15, -0.1) is 0 Å². The molecule has 1 fully saturated rings. The molecule has 0 atom stereocenters. The van der Waals surface area contributed by atoms with Crippen LogP contribution in [0.5, 0.6) is 0 Å². The summed E-state index contributed by atoms with van der Waals surface area (Å²) < 4.78 is 42.3. The van der Waals surface area contributed by atoms with E-state index < -0.39 is 15.8 Å². The van der Waals surface area contributed by atoms with E-state index in [0.29, 0.717) is 18.7 Å².